The molecule has 18 heavy (non-hydrogen) atoms. The second-order valence-corrected chi connectivity index (χ2v) is 5.07. The summed E-state index contributed by atoms with van der Waals surface area (Å²) in [6, 6.07) is 1.91. The summed E-state index contributed by atoms with van der Waals surface area (Å²) in [5.74, 6) is 0.156. The highest BCUT2D eigenvalue weighted by Crippen LogP contribution is 2.10. The Kier molecular flexibility index (Phi) is 5.56. The molecule has 0 fully saturated rings. The number of Topliss-reactive ketones (excluding diaryl/α,β-unsaturated/α-hetero) is 1. The van der Waals surface area contributed by atoms with Crippen LogP contribution in [0.2, 0.25) is 0 Å². The molecule has 102 valence electrons. The van der Waals surface area contributed by atoms with Crippen LogP contribution in [0.5, 0.6) is 0 Å². The number of aromatic nitrogens is 1. The standard InChI is InChI=1S/C14H24N2O2/c1-10(2)18-7-6-16(5)9-14(17)13-8-11(3)15-12(13)4/h8,10,15H,6-7,9H2,1-5H3. The number of likely N-dealkylation sites (N-methyl/N-ethyl adjacent to an activating group) is 1. The Labute approximate surface area is 109 Å². The minimum Gasteiger partial charge on any atom is -0.377 e. The zero-order valence-corrected chi connectivity index (χ0v) is 12.0. The summed E-state index contributed by atoms with van der Waals surface area (Å²) in [7, 11) is 1.94. The van der Waals surface area contributed by atoms with E-state index in [2.05, 4.69) is 4.98 Å². The number of rotatable bonds is 7. The second-order valence-electron chi connectivity index (χ2n) is 5.07. The Morgan fingerprint density at radius 1 is 1.44 bits per heavy atom. The number of carbonyl (C=O) groups is 1. The largest absolute Gasteiger partial charge is 0.377 e. The minimum atomic E-state index is 0.156. The van der Waals surface area contributed by atoms with Gasteiger partial charge in [-0.2, -0.15) is 0 Å². The molecule has 1 heterocycles. The predicted octanol–water partition coefficient (Wildman–Crippen LogP) is 2.17. The highest BCUT2D eigenvalue weighted by atomic mass is 16.5. The highest BCUT2D eigenvalue weighted by molar-refractivity contribution is 5.98. The molecule has 0 aliphatic carbocycles. The van der Waals surface area contributed by atoms with Crippen LogP contribution in [0.1, 0.15) is 35.6 Å². The number of aryl methyl sites for hydroxylation is 2. The van der Waals surface area contributed by atoms with Crippen LogP contribution in [0.15, 0.2) is 6.07 Å². The van der Waals surface area contributed by atoms with E-state index < -0.39 is 0 Å². The fraction of sp³-hybridized carbons (Fsp3) is 0.643. The van der Waals surface area contributed by atoms with Gasteiger partial charge in [-0.1, -0.05) is 0 Å². The van der Waals surface area contributed by atoms with Gasteiger partial charge in [-0.3, -0.25) is 9.69 Å². The monoisotopic (exact) mass is 252 g/mol. The highest BCUT2D eigenvalue weighted by Gasteiger charge is 2.13. The smallest absolute Gasteiger partial charge is 0.178 e. The molecule has 0 saturated carbocycles. The maximum absolute atomic E-state index is 12.1. The van der Waals surface area contributed by atoms with E-state index in [9.17, 15) is 4.79 Å². The third-order valence-electron chi connectivity index (χ3n) is 2.79. The molecule has 0 amide bonds. The van der Waals surface area contributed by atoms with Crippen LogP contribution < -0.4 is 0 Å². The maximum atomic E-state index is 12.1. The molecule has 4 heteroatoms. The minimum absolute atomic E-state index is 0.156. The van der Waals surface area contributed by atoms with E-state index in [1.165, 1.54) is 0 Å². The fourth-order valence-corrected chi connectivity index (χ4v) is 1.87. The number of carbonyl (C=O) groups excluding carboxylic acids is 1. The first-order chi connectivity index (χ1) is 8.40. The lowest BCUT2D eigenvalue weighted by Gasteiger charge is -2.16. The molecule has 1 rings (SSSR count). The van der Waals surface area contributed by atoms with Crippen molar-refractivity contribution in [3.8, 4) is 0 Å². The quantitative estimate of drug-likeness (QED) is 0.756. The van der Waals surface area contributed by atoms with Crippen molar-refractivity contribution >= 4 is 5.78 Å². The SMILES string of the molecule is Cc1cc(C(=O)CN(C)CCOC(C)C)c(C)[nH]1. The van der Waals surface area contributed by atoms with Crippen molar-refractivity contribution in [3.05, 3.63) is 23.0 Å². The van der Waals surface area contributed by atoms with Gasteiger partial charge in [0, 0.05) is 23.5 Å². The first kappa shape index (κ1) is 14.9. The third-order valence-corrected chi connectivity index (χ3v) is 2.79. The van der Waals surface area contributed by atoms with E-state index in [-0.39, 0.29) is 11.9 Å². The predicted molar refractivity (Wildman–Crippen MR) is 73.2 cm³/mol. The lowest BCUT2D eigenvalue weighted by molar-refractivity contribution is 0.0619. The van der Waals surface area contributed by atoms with Gasteiger partial charge in [-0.25, -0.2) is 0 Å². The van der Waals surface area contributed by atoms with Crippen molar-refractivity contribution in [2.24, 2.45) is 0 Å². The summed E-state index contributed by atoms with van der Waals surface area (Å²) in [5, 5.41) is 0. The lowest BCUT2D eigenvalue weighted by Crippen LogP contribution is -2.30. The zero-order chi connectivity index (χ0) is 13.7. The molecule has 0 atom stereocenters. The Morgan fingerprint density at radius 2 is 2.11 bits per heavy atom. The summed E-state index contributed by atoms with van der Waals surface area (Å²) < 4.78 is 5.47. The van der Waals surface area contributed by atoms with Crippen molar-refractivity contribution in [1.29, 1.82) is 0 Å². The molecular formula is C14H24N2O2. The summed E-state index contributed by atoms with van der Waals surface area (Å²) in [6.45, 7) is 9.78. The van der Waals surface area contributed by atoms with Gasteiger partial charge in [0.2, 0.25) is 0 Å². The van der Waals surface area contributed by atoms with Gasteiger partial charge in [-0.05, 0) is 40.8 Å². The number of H-pyrrole nitrogens is 1. The fourth-order valence-electron chi connectivity index (χ4n) is 1.87. The van der Waals surface area contributed by atoms with Gasteiger partial charge in [0.1, 0.15) is 0 Å². The van der Waals surface area contributed by atoms with E-state index in [0.717, 1.165) is 23.5 Å². The van der Waals surface area contributed by atoms with Crippen LogP contribution in [-0.4, -0.2) is 48.5 Å². The average Bonchev–Trinajstić information content (AvgIpc) is 2.57. The van der Waals surface area contributed by atoms with E-state index >= 15 is 0 Å². The summed E-state index contributed by atoms with van der Waals surface area (Å²) in [6.07, 6.45) is 0.240. The molecule has 0 radical (unpaired) electrons. The van der Waals surface area contributed by atoms with E-state index in [1.54, 1.807) is 0 Å². The maximum Gasteiger partial charge on any atom is 0.178 e. The summed E-state index contributed by atoms with van der Waals surface area (Å²) >= 11 is 0. The second kappa shape index (κ2) is 6.71. The number of nitrogens with one attached hydrogen (secondary N) is 1. The molecular weight excluding hydrogens is 228 g/mol. The first-order valence-corrected chi connectivity index (χ1v) is 6.39. The number of ketones is 1. The van der Waals surface area contributed by atoms with Gasteiger partial charge in [0.15, 0.2) is 5.78 Å². The number of hydrogen-bond donors (Lipinski definition) is 1. The third kappa shape index (κ3) is 4.63. The van der Waals surface area contributed by atoms with Gasteiger partial charge < -0.3 is 9.72 Å². The van der Waals surface area contributed by atoms with E-state index in [4.69, 9.17) is 4.74 Å². The molecule has 4 nitrogen and oxygen atoms in total. The van der Waals surface area contributed by atoms with Crippen LogP contribution >= 0.6 is 0 Å². The molecule has 0 aliphatic heterocycles. The van der Waals surface area contributed by atoms with Gasteiger partial charge in [0.05, 0.1) is 19.3 Å². The lowest BCUT2D eigenvalue weighted by atomic mass is 10.1. The Bertz CT molecular complexity index is 396. The van der Waals surface area contributed by atoms with Crippen molar-refractivity contribution in [2.45, 2.75) is 33.8 Å². The van der Waals surface area contributed by atoms with Crippen LogP contribution in [0.4, 0.5) is 0 Å². The van der Waals surface area contributed by atoms with Crippen molar-refractivity contribution in [2.75, 3.05) is 26.7 Å². The van der Waals surface area contributed by atoms with Crippen LogP contribution in [0.25, 0.3) is 0 Å². The van der Waals surface area contributed by atoms with Gasteiger partial charge in [0.25, 0.3) is 0 Å². The molecule has 0 aromatic carbocycles. The molecule has 1 aromatic rings. The number of hydrogen-bond acceptors (Lipinski definition) is 3. The molecule has 0 unspecified atom stereocenters. The number of aromatic amines is 1. The molecule has 0 saturated heterocycles. The number of ether oxygens (including phenoxy) is 1. The van der Waals surface area contributed by atoms with Crippen LogP contribution in [0.3, 0.4) is 0 Å². The van der Waals surface area contributed by atoms with Crippen molar-refractivity contribution in [1.82, 2.24) is 9.88 Å². The van der Waals surface area contributed by atoms with Crippen molar-refractivity contribution < 1.29 is 9.53 Å². The van der Waals surface area contributed by atoms with Gasteiger partial charge in [-0.15, -0.1) is 0 Å². The van der Waals surface area contributed by atoms with Gasteiger partial charge >= 0.3 is 0 Å². The van der Waals surface area contributed by atoms with E-state index in [0.29, 0.717) is 13.2 Å². The van der Waals surface area contributed by atoms with Crippen molar-refractivity contribution in [3.63, 3.8) is 0 Å². The van der Waals surface area contributed by atoms with Crippen LogP contribution in [0, 0.1) is 13.8 Å². The Morgan fingerprint density at radius 3 is 2.61 bits per heavy atom. The molecule has 0 spiro atoms. The Balaban J connectivity index is 2.42. The normalized spacial score (nSPS) is 11.5. The topological polar surface area (TPSA) is 45.3 Å². The first-order valence-electron chi connectivity index (χ1n) is 6.39. The number of nitrogens with zero attached hydrogens (tertiary/aromatic N) is 1. The molecule has 1 N–H and O–H groups in total. The average molecular weight is 252 g/mol. The summed E-state index contributed by atoms with van der Waals surface area (Å²) in [5.41, 5.74) is 2.77. The van der Waals surface area contributed by atoms with Crippen LogP contribution in [-0.2, 0) is 4.74 Å². The zero-order valence-electron chi connectivity index (χ0n) is 12.0. The molecule has 0 bridgehead atoms. The summed E-state index contributed by atoms with van der Waals surface area (Å²) in [4.78, 5) is 17.2. The molecule has 0 aliphatic rings. The van der Waals surface area contributed by atoms with E-state index in [1.807, 2.05) is 45.7 Å². The molecule has 1 aromatic heterocycles. The Hall–Kier alpha value is -1.13.